The zero-order chi connectivity index (χ0) is 24.4. The van der Waals surface area contributed by atoms with Crippen LogP contribution in [0.25, 0.3) is 0 Å². The van der Waals surface area contributed by atoms with E-state index in [1.165, 1.54) is 0 Å². The van der Waals surface area contributed by atoms with E-state index in [0.717, 1.165) is 51.4 Å². The molecule has 0 bridgehead atoms. The number of hydrogen-bond donors (Lipinski definition) is 4. The number of nitrogens with zero attached hydrogens (tertiary/aromatic N) is 1. The van der Waals surface area contributed by atoms with Gasteiger partial charge in [0.25, 0.3) is 0 Å². The lowest BCUT2D eigenvalue weighted by Gasteiger charge is -2.66. The number of fused-ring (bicyclic) bond motifs is 5. The summed E-state index contributed by atoms with van der Waals surface area (Å²) in [5.41, 5.74) is -0.0268. The molecule has 4 N–H and O–H groups in total. The third-order valence-electron chi connectivity index (χ3n) is 11.4. The molecule has 12 atom stereocenters. The zero-order valence-electron chi connectivity index (χ0n) is 21.2. The summed E-state index contributed by atoms with van der Waals surface area (Å²) in [5.74, 6) is 2.10. The number of hydrogen-bond acceptors (Lipinski definition) is 6. The van der Waals surface area contributed by atoms with Gasteiger partial charge in [-0.05, 0) is 97.2 Å². The first-order chi connectivity index (χ1) is 16.1. The highest BCUT2D eigenvalue weighted by Gasteiger charge is 2.67. The maximum Gasteiger partial charge on any atom is 0.438 e. The van der Waals surface area contributed by atoms with Crippen LogP contribution < -0.4 is 5.76 Å². The van der Waals surface area contributed by atoms with Crippen molar-refractivity contribution in [1.29, 1.82) is 0 Å². The van der Waals surface area contributed by atoms with Gasteiger partial charge in [-0.15, -0.1) is 0 Å². The second-order valence-corrected chi connectivity index (χ2v) is 12.8. The van der Waals surface area contributed by atoms with Crippen LogP contribution in [0.4, 0.5) is 0 Å². The van der Waals surface area contributed by atoms with Crippen LogP contribution in [0.5, 0.6) is 0 Å². The van der Waals surface area contributed by atoms with Crippen molar-refractivity contribution in [3.05, 3.63) is 16.4 Å². The van der Waals surface area contributed by atoms with Crippen molar-refractivity contribution < 1.29 is 19.8 Å². The first-order valence-electron chi connectivity index (χ1n) is 13.7. The molecule has 3 unspecified atom stereocenters. The number of aromatic nitrogens is 2. The van der Waals surface area contributed by atoms with Crippen molar-refractivity contribution in [3.63, 3.8) is 0 Å². The van der Waals surface area contributed by atoms with Crippen molar-refractivity contribution in [3.8, 4) is 0 Å². The van der Waals surface area contributed by atoms with Crippen molar-refractivity contribution in [2.24, 2.45) is 52.3 Å². The lowest BCUT2D eigenvalue weighted by Crippen LogP contribution is -2.65. The SMILES string of the molecule is CC[C@H]1[C@@H](O)C2C3CC[C@H]([C@H](C)CCc4noc(=O)[nH]4)[C@@]3(C)C[C@H](O)C2[C@@]2(C)CC[C@@H](O)C[C@@H]12. The summed E-state index contributed by atoms with van der Waals surface area (Å²) in [4.78, 5) is 13.9. The van der Waals surface area contributed by atoms with E-state index >= 15 is 0 Å². The molecule has 0 amide bonds. The highest BCUT2D eigenvalue weighted by atomic mass is 16.5. The smallest absolute Gasteiger partial charge is 0.393 e. The summed E-state index contributed by atoms with van der Waals surface area (Å²) in [6.07, 6.45) is 6.95. The molecule has 4 saturated carbocycles. The highest BCUT2D eigenvalue weighted by molar-refractivity contribution is 5.15. The average molecular weight is 477 g/mol. The molecule has 0 spiro atoms. The number of aliphatic hydroxyl groups excluding tert-OH is 3. The number of aryl methyl sites for hydroxylation is 1. The molecule has 1 aromatic heterocycles. The maximum absolute atomic E-state index is 11.8. The standard InChI is InChI=1S/C27H44N2O5/c1-5-16-19-12-15(30)10-11-26(19,3)23-20(31)13-27(4)17(7-8-18(27)22(23)24(16)32)14(2)6-9-21-28-25(33)34-29-21/h14-20,22-24,30-32H,5-13H2,1-4H3,(H,28,29,33)/t14-,15-,16-,17-,18?,19+,20+,22?,23?,24-,26+,27-/m1/s1. The van der Waals surface area contributed by atoms with Gasteiger partial charge in [-0.2, -0.15) is 0 Å². The fourth-order valence-electron chi connectivity index (χ4n) is 9.98. The van der Waals surface area contributed by atoms with Gasteiger partial charge in [0, 0.05) is 6.42 Å². The Morgan fingerprint density at radius 1 is 1.15 bits per heavy atom. The summed E-state index contributed by atoms with van der Waals surface area (Å²) in [7, 11) is 0. The predicted molar refractivity (Wildman–Crippen MR) is 128 cm³/mol. The van der Waals surface area contributed by atoms with Crippen molar-refractivity contribution in [1.82, 2.24) is 10.1 Å². The largest absolute Gasteiger partial charge is 0.438 e. The fraction of sp³-hybridized carbons (Fsp3) is 0.926. The molecular weight excluding hydrogens is 432 g/mol. The monoisotopic (exact) mass is 476 g/mol. The molecule has 4 aliphatic rings. The van der Waals surface area contributed by atoms with Crippen molar-refractivity contribution in [2.45, 2.75) is 104 Å². The van der Waals surface area contributed by atoms with E-state index in [-0.39, 0.29) is 40.6 Å². The minimum absolute atomic E-state index is 0.00607. The number of H-pyrrole nitrogens is 1. The van der Waals surface area contributed by atoms with Crippen LogP contribution in [-0.4, -0.2) is 43.8 Å². The summed E-state index contributed by atoms with van der Waals surface area (Å²) < 4.78 is 4.66. The van der Waals surface area contributed by atoms with Gasteiger partial charge in [0.2, 0.25) is 0 Å². The van der Waals surface area contributed by atoms with E-state index in [2.05, 4.69) is 42.4 Å². The quantitative estimate of drug-likeness (QED) is 0.516. The Balaban J connectivity index is 1.41. The summed E-state index contributed by atoms with van der Waals surface area (Å²) in [5, 5.41) is 37.9. The Labute approximate surface area is 202 Å². The lowest BCUT2D eigenvalue weighted by atomic mass is 9.40. The van der Waals surface area contributed by atoms with Gasteiger partial charge in [0.1, 0.15) is 0 Å². The van der Waals surface area contributed by atoms with Gasteiger partial charge in [0.15, 0.2) is 5.82 Å². The van der Waals surface area contributed by atoms with E-state index in [1.807, 2.05) is 0 Å². The van der Waals surface area contributed by atoms with Gasteiger partial charge in [-0.1, -0.05) is 39.3 Å². The van der Waals surface area contributed by atoms with Gasteiger partial charge >= 0.3 is 5.76 Å². The van der Waals surface area contributed by atoms with Crippen LogP contribution in [0.3, 0.4) is 0 Å². The molecule has 5 rings (SSSR count). The Morgan fingerprint density at radius 2 is 1.91 bits per heavy atom. The molecule has 34 heavy (non-hydrogen) atoms. The first kappa shape index (κ1) is 24.5. The lowest BCUT2D eigenvalue weighted by molar-refractivity contribution is -0.235. The molecule has 7 nitrogen and oxygen atoms in total. The topological polar surface area (TPSA) is 120 Å². The van der Waals surface area contributed by atoms with Crippen molar-refractivity contribution in [2.75, 3.05) is 0 Å². The molecule has 1 heterocycles. The van der Waals surface area contributed by atoms with E-state index in [1.54, 1.807) is 0 Å². The van der Waals surface area contributed by atoms with E-state index in [0.29, 0.717) is 30.0 Å². The molecule has 192 valence electrons. The van der Waals surface area contributed by atoms with Crippen molar-refractivity contribution >= 4 is 0 Å². The Hall–Kier alpha value is -1.18. The third-order valence-corrected chi connectivity index (χ3v) is 11.4. The second-order valence-electron chi connectivity index (χ2n) is 12.8. The molecule has 0 saturated heterocycles. The van der Waals surface area contributed by atoms with E-state index in [9.17, 15) is 20.1 Å². The van der Waals surface area contributed by atoms with Gasteiger partial charge in [-0.3, -0.25) is 9.51 Å². The number of aromatic amines is 1. The average Bonchev–Trinajstić information content (AvgIpc) is 3.35. The normalized spacial score (nSPS) is 49.2. The maximum atomic E-state index is 11.8. The molecule has 4 fully saturated rings. The molecule has 7 heteroatoms. The Morgan fingerprint density at radius 3 is 2.59 bits per heavy atom. The van der Waals surface area contributed by atoms with Gasteiger partial charge < -0.3 is 15.3 Å². The Kier molecular flexibility index (Phi) is 6.30. The van der Waals surface area contributed by atoms with Gasteiger partial charge in [-0.25, -0.2) is 4.79 Å². The van der Waals surface area contributed by atoms with Crippen LogP contribution in [-0.2, 0) is 6.42 Å². The molecular formula is C27H44N2O5. The van der Waals surface area contributed by atoms with Crippen LogP contribution in [0.2, 0.25) is 0 Å². The zero-order valence-corrected chi connectivity index (χ0v) is 21.2. The van der Waals surface area contributed by atoms with E-state index in [4.69, 9.17) is 0 Å². The molecule has 0 radical (unpaired) electrons. The molecule has 1 aromatic rings. The molecule has 4 aliphatic carbocycles. The summed E-state index contributed by atoms with van der Waals surface area (Å²) in [6.45, 7) is 9.20. The van der Waals surface area contributed by atoms with Crippen LogP contribution in [0.15, 0.2) is 9.32 Å². The number of nitrogens with one attached hydrogen (secondary N) is 1. The molecule has 0 aromatic carbocycles. The van der Waals surface area contributed by atoms with Crippen LogP contribution >= 0.6 is 0 Å². The van der Waals surface area contributed by atoms with E-state index < -0.39 is 18.0 Å². The minimum atomic E-state index is -0.504. The summed E-state index contributed by atoms with van der Waals surface area (Å²) in [6, 6.07) is 0. The third kappa shape index (κ3) is 3.64. The van der Waals surface area contributed by atoms with Crippen LogP contribution in [0.1, 0.15) is 84.9 Å². The predicted octanol–water partition coefficient (Wildman–Crippen LogP) is 3.53. The Bertz CT molecular complexity index is 930. The van der Waals surface area contributed by atoms with Gasteiger partial charge in [0.05, 0.1) is 18.3 Å². The number of aliphatic hydroxyl groups is 3. The highest BCUT2D eigenvalue weighted by Crippen LogP contribution is 2.69. The molecule has 0 aliphatic heterocycles. The second kappa shape index (κ2) is 8.74. The number of rotatable bonds is 5. The summed E-state index contributed by atoms with van der Waals surface area (Å²) >= 11 is 0. The van der Waals surface area contributed by atoms with Crippen LogP contribution in [0, 0.1) is 52.3 Å². The first-order valence-corrected chi connectivity index (χ1v) is 13.7. The fourth-order valence-corrected chi connectivity index (χ4v) is 9.98. The minimum Gasteiger partial charge on any atom is -0.393 e.